The molecular formula is C14H13ClFNOS. The van der Waals surface area contributed by atoms with Crippen LogP contribution in [0.25, 0.3) is 0 Å². The molecule has 0 bridgehead atoms. The molecule has 0 spiro atoms. The lowest BCUT2D eigenvalue weighted by Gasteiger charge is -2.08. The summed E-state index contributed by atoms with van der Waals surface area (Å²) in [6, 6.07) is 11.6. The summed E-state index contributed by atoms with van der Waals surface area (Å²) >= 11 is 7.31. The van der Waals surface area contributed by atoms with Crippen LogP contribution in [0.3, 0.4) is 0 Å². The maximum atomic E-state index is 13.1. The van der Waals surface area contributed by atoms with Crippen LogP contribution in [0.1, 0.15) is 0 Å². The van der Waals surface area contributed by atoms with E-state index in [9.17, 15) is 4.39 Å². The molecule has 0 amide bonds. The van der Waals surface area contributed by atoms with Crippen LogP contribution in [-0.2, 0) is 0 Å². The standard InChI is InChI=1S/C14H13ClFNOS/c15-10-2-1-3-12(8-10)18-6-7-19-14-9-11(16)4-5-13(14)17/h1-5,8-9H,6-7,17H2. The average Bonchev–Trinajstić information content (AvgIpc) is 2.39. The first-order valence-electron chi connectivity index (χ1n) is 5.71. The van der Waals surface area contributed by atoms with Gasteiger partial charge < -0.3 is 10.5 Å². The second-order valence-electron chi connectivity index (χ2n) is 3.84. The van der Waals surface area contributed by atoms with Gasteiger partial charge >= 0.3 is 0 Å². The van der Waals surface area contributed by atoms with Gasteiger partial charge in [0.2, 0.25) is 0 Å². The topological polar surface area (TPSA) is 35.2 Å². The lowest BCUT2D eigenvalue weighted by atomic mass is 10.3. The number of anilines is 1. The summed E-state index contributed by atoms with van der Waals surface area (Å²) in [6.45, 7) is 0.501. The number of hydrogen-bond donors (Lipinski definition) is 1. The molecule has 0 fully saturated rings. The van der Waals surface area contributed by atoms with Crippen LogP contribution in [0.4, 0.5) is 10.1 Å². The molecule has 5 heteroatoms. The third kappa shape index (κ3) is 4.33. The average molecular weight is 298 g/mol. The highest BCUT2D eigenvalue weighted by atomic mass is 35.5. The maximum absolute atomic E-state index is 13.1. The van der Waals surface area contributed by atoms with E-state index in [2.05, 4.69) is 0 Å². The minimum Gasteiger partial charge on any atom is -0.493 e. The monoisotopic (exact) mass is 297 g/mol. The van der Waals surface area contributed by atoms with Crippen molar-refractivity contribution in [2.45, 2.75) is 4.90 Å². The van der Waals surface area contributed by atoms with E-state index in [4.69, 9.17) is 22.1 Å². The van der Waals surface area contributed by atoms with E-state index in [0.717, 1.165) is 10.6 Å². The van der Waals surface area contributed by atoms with Crippen LogP contribution in [0, 0.1) is 5.82 Å². The number of hydrogen-bond acceptors (Lipinski definition) is 3. The van der Waals surface area contributed by atoms with Gasteiger partial charge in [-0.1, -0.05) is 17.7 Å². The van der Waals surface area contributed by atoms with Gasteiger partial charge in [0.1, 0.15) is 11.6 Å². The summed E-state index contributed by atoms with van der Waals surface area (Å²) in [5.41, 5.74) is 6.33. The molecule has 0 radical (unpaired) electrons. The second kappa shape index (κ2) is 6.68. The zero-order valence-electron chi connectivity index (χ0n) is 10.1. The Bertz CT molecular complexity index is 565. The zero-order valence-corrected chi connectivity index (χ0v) is 11.7. The number of nitrogens with two attached hydrogens (primary N) is 1. The van der Waals surface area contributed by atoms with E-state index < -0.39 is 0 Å². The van der Waals surface area contributed by atoms with Gasteiger partial charge in [-0.25, -0.2) is 4.39 Å². The predicted molar refractivity (Wildman–Crippen MR) is 78.5 cm³/mol. The van der Waals surface area contributed by atoms with Crippen molar-refractivity contribution >= 4 is 29.1 Å². The predicted octanol–water partition coefficient (Wildman–Crippen LogP) is 4.23. The molecule has 0 heterocycles. The minimum absolute atomic E-state index is 0.285. The number of thioether (sulfide) groups is 1. The molecule has 0 aliphatic heterocycles. The van der Waals surface area contributed by atoms with E-state index in [1.807, 2.05) is 12.1 Å². The molecule has 100 valence electrons. The Kier molecular flexibility index (Phi) is 4.93. The largest absolute Gasteiger partial charge is 0.493 e. The van der Waals surface area contributed by atoms with Crippen LogP contribution in [-0.4, -0.2) is 12.4 Å². The van der Waals surface area contributed by atoms with Crippen LogP contribution in [0.15, 0.2) is 47.4 Å². The third-order valence-corrected chi connectivity index (χ3v) is 3.65. The summed E-state index contributed by atoms with van der Waals surface area (Å²) < 4.78 is 18.6. The lowest BCUT2D eigenvalue weighted by Crippen LogP contribution is -2.00. The lowest BCUT2D eigenvalue weighted by molar-refractivity contribution is 0.344. The molecule has 0 saturated carbocycles. The number of ether oxygens (including phenoxy) is 1. The van der Waals surface area contributed by atoms with E-state index in [1.165, 1.54) is 23.9 Å². The molecule has 2 aromatic carbocycles. The summed E-state index contributed by atoms with van der Waals surface area (Å²) in [7, 11) is 0. The smallest absolute Gasteiger partial charge is 0.124 e. The van der Waals surface area contributed by atoms with Gasteiger partial charge in [0.05, 0.1) is 6.61 Å². The molecule has 2 nitrogen and oxygen atoms in total. The fourth-order valence-corrected chi connectivity index (χ4v) is 2.50. The molecular weight excluding hydrogens is 285 g/mol. The summed E-state index contributed by atoms with van der Waals surface area (Å²) in [4.78, 5) is 0.731. The molecule has 0 aliphatic carbocycles. The molecule has 19 heavy (non-hydrogen) atoms. The van der Waals surface area contributed by atoms with Crippen molar-refractivity contribution in [2.75, 3.05) is 18.1 Å². The Morgan fingerprint density at radius 3 is 2.84 bits per heavy atom. The number of rotatable bonds is 5. The Morgan fingerprint density at radius 1 is 1.21 bits per heavy atom. The fraction of sp³-hybridized carbons (Fsp3) is 0.143. The van der Waals surface area contributed by atoms with Gasteiger partial charge in [-0.3, -0.25) is 0 Å². The van der Waals surface area contributed by atoms with Gasteiger partial charge in [-0.2, -0.15) is 0 Å². The SMILES string of the molecule is Nc1ccc(F)cc1SCCOc1cccc(Cl)c1. The van der Waals surface area contributed by atoms with Crippen LogP contribution in [0.5, 0.6) is 5.75 Å². The van der Waals surface area contributed by atoms with Gasteiger partial charge in [0.15, 0.2) is 0 Å². The molecule has 0 saturated heterocycles. The highest BCUT2D eigenvalue weighted by molar-refractivity contribution is 7.99. The summed E-state index contributed by atoms with van der Waals surface area (Å²) in [6.07, 6.45) is 0. The Labute approximate surface area is 120 Å². The van der Waals surface area contributed by atoms with Crippen molar-refractivity contribution in [3.8, 4) is 5.75 Å². The van der Waals surface area contributed by atoms with Crippen molar-refractivity contribution in [1.82, 2.24) is 0 Å². The fourth-order valence-electron chi connectivity index (χ4n) is 1.50. The Hall–Kier alpha value is -1.39. The van der Waals surface area contributed by atoms with Crippen molar-refractivity contribution in [1.29, 1.82) is 0 Å². The molecule has 2 rings (SSSR count). The first-order chi connectivity index (χ1) is 9.15. The Morgan fingerprint density at radius 2 is 2.05 bits per heavy atom. The molecule has 2 N–H and O–H groups in total. The maximum Gasteiger partial charge on any atom is 0.124 e. The third-order valence-electron chi connectivity index (χ3n) is 2.38. The van der Waals surface area contributed by atoms with Crippen molar-refractivity contribution in [2.24, 2.45) is 0 Å². The van der Waals surface area contributed by atoms with Crippen molar-refractivity contribution in [3.63, 3.8) is 0 Å². The Balaban J connectivity index is 1.82. The van der Waals surface area contributed by atoms with E-state index in [-0.39, 0.29) is 5.82 Å². The molecule has 0 aliphatic rings. The van der Waals surface area contributed by atoms with Crippen LogP contribution in [0.2, 0.25) is 5.02 Å². The number of benzene rings is 2. The summed E-state index contributed by atoms with van der Waals surface area (Å²) in [5.74, 6) is 1.12. The van der Waals surface area contributed by atoms with Gasteiger partial charge in [-0.15, -0.1) is 11.8 Å². The summed E-state index contributed by atoms with van der Waals surface area (Å²) in [5, 5.41) is 0.638. The van der Waals surface area contributed by atoms with Crippen LogP contribution < -0.4 is 10.5 Å². The number of halogens is 2. The molecule has 2 aromatic rings. The highest BCUT2D eigenvalue weighted by Gasteiger charge is 2.02. The van der Waals surface area contributed by atoms with E-state index in [0.29, 0.717) is 23.1 Å². The minimum atomic E-state index is -0.285. The van der Waals surface area contributed by atoms with Gasteiger partial charge in [0.25, 0.3) is 0 Å². The first-order valence-corrected chi connectivity index (χ1v) is 7.08. The van der Waals surface area contributed by atoms with Gasteiger partial charge in [-0.05, 0) is 36.4 Å². The van der Waals surface area contributed by atoms with Gasteiger partial charge in [0, 0.05) is 21.4 Å². The van der Waals surface area contributed by atoms with Crippen molar-refractivity contribution < 1.29 is 9.13 Å². The van der Waals surface area contributed by atoms with Crippen molar-refractivity contribution in [3.05, 3.63) is 53.3 Å². The zero-order chi connectivity index (χ0) is 13.7. The molecule has 0 atom stereocenters. The second-order valence-corrected chi connectivity index (χ2v) is 5.41. The van der Waals surface area contributed by atoms with Crippen LogP contribution >= 0.6 is 23.4 Å². The number of nitrogen functional groups attached to an aromatic ring is 1. The quantitative estimate of drug-likeness (QED) is 0.509. The first kappa shape index (κ1) is 14.0. The normalized spacial score (nSPS) is 10.4. The highest BCUT2D eigenvalue weighted by Crippen LogP contribution is 2.26. The molecule has 0 unspecified atom stereocenters. The van der Waals surface area contributed by atoms with E-state index in [1.54, 1.807) is 18.2 Å². The molecule has 0 aromatic heterocycles. The van der Waals surface area contributed by atoms with E-state index >= 15 is 0 Å².